The highest BCUT2D eigenvalue weighted by Crippen LogP contribution is 2.37. The van der Waals surface area contributed by atoms with E-state index in [9.17, 15) is 0 Å². The molecule has 5 heteroatoms. The average Bonchev–Trinajstić information content (AvgIpc) is 2.70. The molecule has 1 atom stereocenters. The van der Waals surface area contributed by atoms with Crippen molar-refractivity contribution in [2.75, 3.05) is 11.9 Å². The van der Waals surface area contributed by atoms with E-state index < -0.39 is 0 Å². The highest BCUT2D eigenvalue weighted by atomic mass is 79.9. The van der Waals surface area contributed by atoms with Crippen LogP contribution in [0, 0.1) is 0 Å². The van der Waals surface area contributed by atoms with Crippen LogP contribution in [0.4, 0.5) is 5.82 Å². The molecule has 1 N–H and O–H groups in total. The first-order chi connectivity index (χ1) is 8.27. The number of hydrogen-bond acceptors (Lipinski definition) is 3. The molecule has 0 fully saturated rings. The Bertz CT molecular complexity index is 535. The molecular formula is C12H13BrN4. The minimum atomic E-state index is 0.438. The van der Waals surface area contributed by atoms with Gasteiger partial charge in [-0.25, -0.2) is 4.68 Å². The molecule has 0 bridgehead atoms. The van der Waals surface area contributed by atoms with E-state index in [0.29, 0.717) is 6.04 Å². The van der Waals surface area contributed by atoms with Crippen molar-refractivity contribution in [3.8, 4) is 11.3 Å². The van der Waals surface area contributed by atoms with Crippen LogP contribution in [-0.2, 0) is 0 Å². The van der Waals surface area contributed by atoms with E-state index in [4.69, 9.17) is 0 Å². The van der Waals surface area contributed by atoms with Gasteiger partial charge in [-0.3, -0.25) is 4.98 Å². The maximum absolute atomic E-state index is 4.67. The molecule has 1 aliphatic rings. The molecule has 0 amide bonds. The molecule has 0 spiro atoms. The Morgan fingerprint density at radius 1 is 1.53 bits per heavy atom. The molecule has 2 aromatic heterocycles. The standard InChI is InChI=1S/C12H13BrN4/c1-8-4-6-15-12-10(13)11(16-17(8)12)9-3-2-5-14-7-9/h2-3,5,7-8,15H,4,6H2,1H3. The van der Waals surface area contributed by atoms with Crippen LogP contribution < -0.4 is 5.32 Å². The number of nitrogens with zero attached hydrogens (tertiary/aromatic N) is 3. The normalized spacial score (nSPS) is 18.6. The zero-order valence-electron chi connectivity index (χ0n) is 9.52. The van der Waals surface area contributed by atoms with E-state index in [1.165, 1.54) is 0 Å². The summed E-state index contributed by atoms with van der Waals surface area (Å²) >= 11 is 3.63. The third kappa shape index (κ3) is 1.74. The van der Waals surface area contributed by atoms with Gasteiger partial charge < -0.3 is 5.32 Å². The predicted molar refractivity (Wildman–Crippen MR) is 71.0 cm³/mol. The first-order valence-corrected chi connectivity index (χ1v) is 6.49. The van der Waals surface area contributed by atoms with Crippen LogP contribution in [0.2, 0.25) is 0 Å². The lowest BCUT2D eigenvalue weighted by Gasteiger charge is -2.22. The smallest absolute Gasteiger partial charge is 0.139 e. The molecule has 0 saturated heterocycles. The van der Waals surface area contributed by atoms with E-state index in [1.54, 1.807) is 6.20 Å². The van der Waals surface area contributed by atoms with Gasteiger partial charge in [0, 0.05) is 24.5 Å². The van der Waals surface area contributed by atoms with E-state index in [0.717, 1.165) is 34.5 Å². The Morgan fingerprint density at radius 2 is 2.41 bits per heavy atom. The summed E-state index contributed by atoms with van der Waals surface area (Å²) in [4.78, 5) is 4.14. The van der Waals surface area contributed by atoms with Crippen molar-refractivity contribution in [2.24, 2.45) is 0 Å². The highest BCUT2D eigenvalue weighted by Gasteiger charge is 2.23. The largest absolute Gasteiger partial charge is 0.369 e. The molecule has 17 heavy (non-hydrogen) atoms. The number of pyridine rings is 1. The summed E-state index contributed by atoms with van der Waals surface area (Å²) in [6, 6.07) is 4.39. The van der Waals surface area contributed by atoms with Gasteiger partial charge in [0.25, 0.3) is 0 Å². The summed E-state index contributed by atoms with van der Waals surface area (Å²) in [5.74, 6) is 1.07. The van der Waals surface area contributed by atoms with Gasteiger partial charge in [0.2, 0.25) is 0 Å². The van der Waals surface area contributed by atoms with E-state index >= 15 is 0 Å². The quantitative estimate of drug-likeness (QED) is 0.878. The average molecular weight is 293 g/mol. The van der Waals surface area contributed by atoms with E-state index in [1.807, 2.05) is 18.3 Å². The SMILES string of the molecule is CC1CCNc2c(Br)c(-c3cccnc3)nn21. The second-order valence-electron chi connectivity index (χ2n) is 4.26. The van der Waals surface area contributed by atoms with Crippen molar-refractivity contribution in [3.05, 3.63) is 29.0 Å². The van der Waals surface area contributed by atoms with Crippen LogP contribution in [-0.4, -0.2) is 21.3 Å². The summed E-state index contributed by atoms with van der Waals surface area (Å²) in [5, 5.41) is 8.05. The molecule has 0 aromatic carbocycles. The van der Waals surface area contributed by atoms with Crippen LogP contribution in [0.1, 0.15) is 19.4 Å². The number of fused-ring (bicyclic) bond motifs is 1. The molecule has 3 heterocycles. The summed E-state index contributed by atoms with van der Waals surface area (Å²) in [6.07, 6.45) is 4.71. The molecule has 0 radical (unpaired) electrons. The second kappa shape index (κ2) is 4.14. The Morgan fingerprint density at radius 3 is 3.12 bits per heavy atom. The minimum absolute atomic E-state index is 0.438. The monoisotopic (exact) mass is 292 g/mol. The Hall–Kier alpha value is -1.36. The molecule has 2 aromatic rings. The zero-order chi connectivity index (χ0) is 11.8. The van der Waals surface area contributed by atoms with Gasteiger partial charge in [0.15, 0.2) is 0 Å². The third-order valence-electron chi connectivity index (χ3n) is 3.06. The molecular weight excluding hydrogens is 280 g/mol. The third-order valence-corrected chi connectivity index (χ3v) is 3.81. The first kappa shape index (κ1) is 10.8. The molecule has 3 rings (SSSR count). The van der Waals surface area contributed by atoms with Gasteiger partial charge >= 0.3 is 0 Å². The number of anilines is 1. The van der Waals surface area contributed by atoms with E-state index in [2.05, 4.69) is 42.9 Å². The van der Waals surface area contributed by atoms with Gasteiger partial charge in [-0.05, 0) is 41.4 Å². The first-order valence-electron chi connectivity index (χ1n) is 5.69. The van der Waals surface area contributed by atoms with E-state index in [-0.39, 0.29) is 0 Å². The second-order valence-corrected chi connectivity index (χ2v) is 5.05. The summed E-state index contributed by atoms with van der Waals surface area (Å²) < 4.78 is 3.08. The van der Waals surface area contributed by atoms with Gasteiger partial charge in [-0.2, -0.15) is 5.10 Å². The van der Waals surface area contributed by atoms with Gasteiger partial charge in [0.1, 0.15) is 11.5 Å². The van der Waals surface area contributed by atoms with Crippen molar-refractivity contribution in [2.45, 2.75) is 19.4 Å². The maximum Gasteiger partial charge on any atom is 0.139 e. The summed E-state index contributed by atoms with van der Waals surface area (Å²) in [6.45, 7) is 3.19. The zero-order valence-corrected chi connectivity index (χ0v) is 11.1. The molecule has 88 valence electrons. The van der Waals surface area contributed by atoms with Gasteiger partial charge in [0.05, 0.1) is 10.5 Å². The minimum Gasteiger partial charge on any atom is -0.369 e. The lowest BCUT2D eigenvalue weighted by atomic mass is 10.2. The molecule has 4 nitrogen and oxygen atoms in total. The maximum atomic E-state index is 4.67. The predicted octanol–water partition coefficient (Wildman–Crippen LogP) is 3.08. The molecule has 0 saturated carbocycles. The van der Waals surface area contributed by atoms with Crippen LogP contribution in [0.25, 0.3) is 11.3 Å². The molecule has 0 aliphatic carbocycles. The number of nitrogens with one attached hydrogen (secondary N) is 1. The number of rotatable bonds is 1. The fourth-order valence-corrected chi connectivity index (χ4v) is 2.73. The van der Waals surface area contributed by atoms with Crippen LogP contribution >= 0.6 is 15.9 Å². The lowest BCUT2D eigenvalue weighted by Crippen LogP contribution is -2.21. The van der Waals surface area contributed by atoms with Crippen molar-refractivity contribution >= 4 is 21.7 Å². The Balaban J connectivity index is 2.14. The lowest BCUT2D eigenvalue weighted by molar-refractivity contribution is 0.454. The van der Waals surface area contributed by atoms with Crippen LogP contribution in [0.15, 0.2) is 29.0 Å². The number of aromatic nitrogens is 3. The van der Waals surface area contributed by atoms with Crippen molar-refractivity contribution < 1.29 is 0 Å². The van der Waals surface area contributed by atoms with Crippen molar-refractivity contribution in [1.82, 2.24) is 14.8 Å². The van der Waals surface area contributed by atoms with Crippen LogP contribution in [0.5, 0.6) is 0 Å². The summed E-state index contributed by atoms with van der Waals surface area (Å²) in [7, 11) is 0. The Labute approximate surface area is 108 Å². The van der Waals surface area contributed by atoms with Crippen LogP contribution in [0.3, 0.4) is 0 Å². The molecule has 1 aliphatic heterocycles. The topological polar surface area (TPSA) is 42.7 Å². The number of halogens is 1. The van der Waals surface area contributed by atoms with Crippen molar-refractivity contribution in [3.63, 3.8) is 0 Å². The number of hydrogen-bond donors (Lipinski definition) is 1. The van der Waals surface area contributed by atoms with Gasteiger partial charge in [-0.1, -0.05) is 0 Å². The molecule has 1 unspecified atom stereocenters. The van der Waals surface area contributed by atoms with Gasteiger partial charge in [-0.15, -0.1) is 0 Å². The summed E-state index contributed by atoms with van der Waals surface area (Å²) in [5.41, 5.74) is 1.99. The van der Waals surface area contributed by atoms with Crippen molar-refractivity contribution in [1.29, 1.82) is 0 Å². The highest BCUT2D eigenvalue weighted by molar-refractivity contribution is 9.10. The Kier molecular flexibility index (Phi) is 2.63. The fourth-order valence-electron chi connectivity index (χ4n) is 2.10. The fraction of sp³-hybridized carbons (Fsp3) is 0.333.